The fourth-order valence-electron chi connectivity index (χ4n) is 1.89. The summed E-state index contributed by atoms with van der Waals surface area (Å²) in [6.45, 7) is 8.45. The van der Waals surface area contributed by atoms with Crippen molar-refractivity contribution >= 4 is 29.9 Å². The summed E-state index contributed by atoms with van der Waals surface area (Å²) in [6.07, 6.45) is 0. The predicted molar refractivity (Wildman–Crippen MR) is 102 cm³/mol. The van der Waals surface area contributed by atoms with E-state index in [1.807, 2.05) is 7.05 Å². The molecule has 126 valence electrons. The van der Waals surface area contributed by atoms with Gasteiger partial charge in [-0.15, -0.1) is 24.0 Å². The average Bonchev–Trinajstić information content (AvgIpc) is 2.48. The van der Waals surface area contributed by atoms with Gasteiger partial charge in [-0.3, -0.25) is 4.99 Å². The highest BCUT2D eigenvalue weighted by Crippen LogP contribution is 2.05. The predicted octanol–water partition coefficient (Wildman–Crippen LogP) is 2.79. The molecule has 0 atom stereocenters. The molecule has 0 fully saturated rings. The summed E-state index contributed by atoms with van der Waals surface area (Å²) < 4.78 is 12.9. The van der Waals surface area contributed by atoms with Crippen LogP contribution in [0.3, 0.4) is 0 Å². The number of benzene rings is 1. The normalized spacial score (nSPS) is 11.3. The molecule has 0 spiro atoms. The number of nitrogens with one attached hydrogen (secondary N) is 1. The third-order valence-electron chi connectivity index (χ3n) is 3.31. The number of likely N-dealkylation sites (N-methyl/N-ethyl adjacent to an activating group) is 1. The maximum atomic E-state index is 12.9. The van der Waals surface area contributed by atoms with Crippen LogP contribution in [0.25, 0.3) is 0 Å². The molecular weight excluding hydrogens is 394 g/mol. The van der Waals surface area contributed by atoms with E-state index in [-0.39, 0.29) is 29.8 Å². The lowest BCUT2D eigenvalue weighted by Gasteiger charge is -2.22. The number of nitrogens with zero attached hydrogens (tertiary/aromatic N) is 3. The second-order valence-electron chi connectivity index (χ2n) is 5.11. The first-order chi connectivity index (χ1) is 10.1. The van der Waals surface area contributed by atoms with Crippen molar-refractivity contribution in [1.29, 1.82) is 0 Å². The molecule has 0 saturated carbocycles. The SMILES string of the molecule is CCNC(=NCCN(C)CC)N(C)Cc1ccc(F)cc1.I. The molecule has 0 aliphatic heterocycles. The molecule has 0 bridgehead atoms. The zero-order valence-corrected chi connectivity index (χ0v) is 16.3. The lowest BCUT2D eigenvalue weighted by Crippen LogP contribution is -2.39. The van der Waals surface area contributed by atoms with Crippen molar-refractivity contribution in [3.63, 3.8) is 0 Å². The molecule has 0 aliphatic rings. The van der Waals surface area contributed by atoms with Crippen LogP contribution in [-0.2, 0) is 6.54 Å². The summed E-state index contributed by atoms with van der Waals surface area (Å²) in [5.41, 5.74) is 1.06. The van der Waals surface area contributed by atoms with Crippen LogP contribution in [0.15, 0.2) is 29.3 Å². The van der Waals surface area contributed by atoms with Gasteiger partial charge in [0.25, 0.3) is 0 Å². The van der Waals surface area contributed by atoms with E-state index in [1.165, 1.54) is 12.1 Å². The van der Waals surface area contributed by atoms with Crippen molar-refractivity contribution in [2.24, 2.45) is 4.99 Å². The third kappa shape index (κ3) is 7.93. The number of halogens is 2. The van der Waals surface area contributed by atoms with E-state index in [2.05, 4.69) is 41.0 Å². The first-order valence-electron chi connectivity index (χ1n) is 7.49. The fourth-order valence-corrected chi connectivity index (χ4v) is 1.89. The Labute approximate surface area is 150 Å². The van der Waals surface area contributed by atoms with Gasteiger partial charge in [-0.05, 0) is 38.2 Å². The van der Waals surface area contributed by atoms with Gasteiger partial charge in [-0.2, -0.15) is 0 Å². The lowest BCUT2D eigenvalue weighted by molar-refractivity contribution is 0.361. The van der Waals surface area contributed by atoms with Crippen molar-refractivity contribution < 1.29 is 4.39 Å². The summed E-state index contributed by atoms with van der Waals surface area (Å²) in [6, 6.07) is 6.59. The average molecular weight is 422 g/mol. The van der Waals surface area contributed by atoms with Gasteiger partial charge in [0.2, 0.25) is 0 Å². The quantitative estimate of drug-likeness (QED) is 0.417. The number of guanidine groups is 1. The Balaban J connectivity index is 0.00000441. The topological polar surface area (TPSA) is 30.9 Å². The Hall–Kier alpha value is -0.890. The van der Waals surface area contributed by atoms with Gasteiger partial charge in [-0.25, -0.2) is 4.39 Å². The highest BCUT2D eigenvalue weighted by atomic mass is 127. The molecule has 0 unspecified atom stereocenters. The Kier molecular flexibility index (Phi) is 11.2. The number of hydrogen-bond donors (Lipinski definition) is 1. The molecule has 0 amide bonds. The minimum absolute atomic E-state index is 0. The van der Waals surface area contributed by atoms with Crippen LogP contribution in [0, 0.1) is 5.82 Å². The van der Waals surface area contributed by atoms with Gasteiger partial charge in [0.05, 0.1) is 6.54 Å². The number of rotatable bonds is 7. The summed E-state index contributed by atoms with van der Waals surface area (Å²) in [4.78, 5) is 8.92. The van der Waals surface area contributed by atoms with Crippen LogP contribution in [0.2, 0.25) is 0 Å². The Morgan fingerprint density at radius 2 is 1.82 bits per heavy atom. The van der Waals surface area contributed by atoms with E-state index >= 15 is 0 Å². The molecule has 1 rings (SSSR count). The molecule has 4 nitrogen and oxygen atoms in total. The molecular formula is C16H28FIN4. The van der Waals surface area contributed by atoms with Crippen molar-refractivity contribution in [1.82, 2.24) is 15.1 Å². The van der Waals surface area contributed by atoms with Crippen LogP contribution in [-0.4, -0.2) is 56.0 Å². The molecule has 0 heterocycles. The van der Waals surface area contributed by atoms with Crippen molar-refractivity contribution in [3.8, 4) is 0 Å². The molecule has 0 aromatic heterocycles. The van der Waals surface area contributed by atoms with Crippen LogP contribution in [0.5, 0.6) is 0 Å². The molecule has 6 heteroatoms. The van der Waals surface area contributed by atoms with Crippen molar-refractivity contribution in [2.45, 2.75) is 20.4 Å². The monoisotopic (exact) mass is 422 g/mol. The van der Waals surface area contributed by atoms with Crippen LogP contribution < -0.4 is 5.32 Å². The molecule has 1 aromatic carbocycles. The van der Waals surface area contributed by atoms with Gasteiger partial charge < -0.3 is 15.1 Å². The van der Waals surface area contributed by atoms with Crippen LogP contribution in [0.1, 0.15) is 19.4 Å². The van der Waals surface area contributed by atoms with E-state index in [4.69, 9.17) is 0 Å². The standard InChI is InChI=1S/C16H27FN4.HI/c1-5-18-16(19-11-12-20(3)6-2)21(4)13-14-7-9-15(17)10-8-14;/h7-10H,5-6,11-13H2,1-4H3,(H,18,19);1H. The first-order valence-corrected chi connectivity index (χ1v) is 7.49. The highest BCUT2D eigenvalue weighted by Gasteiger charge is 2.06. The smallest absolute Gasteiger partial charge is 0.194 e. The van der Waals surface area contributed by atoms with Gasteiger partial charge in [-0.1, -0.05) is 19.1 Å². The summed E-state index contributed by atoms with van der Waals surface area (Å²) in [7, 11) is 4.08. The molecule has 22 heavy (non-hydrogen) atoms. The highest BCUT2D eigenvalue weighted by molar-refractivity contribution is 14.0. The van der Waals surface area contributed by atoms with Gasteiger partial charge in [0.1, 0.15) is 5.82 Å². The maximum Gasteiger partial charge on any atom is 0.194 e. The summed E-state index contributed by atoms with van der Waals surface area (Å²) >= 11 is 0. The third-order valence-corrected chi connectivity index (χ3v) is 3.31. The molecule has 1 aromatic rings. The Morgan fingerprint density at radius 3 is 2.36 bits per heavy atom. The lowest BCUT2D eigenvalue weighted by atomic mass is 10.2. The first kappa shape index (κ1) is 21.1. The fraction of sp³-hybridized carbons (Fsp3) is 0.562. The summed E-state index contributed by atoms with van der Waals surface area (Å²) in [5.74, 6) is 0.677. The van der Waals surface area contributed by atoms with E-state index in [1.54, 1.807) is 12.1 Å². The van der Waals surface area contributed by atoms with E-state index in [9.17, 15) is 4.39 Å². The Morgan fingerprint density at radius 1 is 1.18 bits per heavy atom. The molecule has 0 saturated heterocycles. The van der Waals surface area contributed by atoms with Crippen molar-refractivity contribution in [2.75, 3.05) is 40.3 Å². The molecule has 0 radical (unpaired) electrons. The zero-order chi connectivity index (χ0) is 15.7. The van der Waals surface area contributed by atoms with Crippen LogP contribution >= 0.6 is 24.0 Å². The van der Waals surface area contributed by atoms with Gasteiger partial charge >= 0.3 is 0 Å². The molecule has 0 aliphatic carbocycles. The second kappa shape index (κ2) is 11.6. The minimum atomic E-state index is -0.204. The van der Waals surface area contributed by atoms with E-state index < -0.39 is 0 Å². The minimum Gasteiger partial charge on any atom is -0.357 e. The van der Waals surface area contributed by atoms with E-state index in [0.29, 0.717) is 6.54 Å². The second-order valence-corrected chi connectivity index (χ2v) is 5.11. The number of aliphatic imine (C=N–C) groups is 1. The maximum absolute atomic E-state index is 12.9. The van der Waals surface area contributed by atoms with Crippen molar-refractivity contribution in [3.05, 3.63) is 35.6 Å². The summed E-state index contributed by atoms with van der Waals surface area (Å²) in [5, 5.41) is 3.29. The zero-order valence-electron chi connectivity index (χ0n) is 14.0. The largest absolute Gasteiger partial charge is 0.357 e. The van der Waals surface area contributed by atoms with Gasteiger partial charge in [0.15, 0.2) is 5.96 Å². The van der Waals surface area contributed by atoms with E-state index in [0.717, 1.165) is 37.7 Å². The van der Waals surface area contributed by atoms with Crippen LogP contribution in [0.4, 0.5) is 4.39 Å². The Bertz CT molecular complexity index is 436. The van der Waals surface area contributed by atoms with Gasteiger partial charge in [0, 0.05) is 26.7 Å². The number of hydrogen-bond acceptors (Lipinski definition) is 2. The molecule has 1 N–H and O–H groups in total.